The molecule has 1 aromatic carbocycles. The second-order valence-electron chi connectivity index (χ2n) is 5.16. The number of amides is 1. The van der Waals surface area contributed by atoms with Gasteiger partial charge in [0.1, 0.15) is 19.5 Å². The van der Waals surface area contributed by atoms with E-state index in [1.165, 1.54) is 29.9 Å². The molecule has 25 heavy (non-hydrogen) atoms. The summed E-state index contributed by atoms with van der Waals surface area (Å²) in [4.78, 5) is 16.7. The fourth-order valence-corrected chi connectivity index (χ4v) is 2.99. The molecule has 2 aromatic rings. The third-order valence-electron chi connectivity index (χ3n) is 3.28. The standard InChI is InChI=1S/C16H13F3N2O3S/c17-16(18,19)11-3-1-2-10(6-11)7-12-8-20-15(25-12)21-14(22)13-9-23-4-5-24-13/h1-3,6,8-9H,4-5,7H2,(H,20,21,22). The van der Waals surface area contributed by atoms with E-state index in [4.69, 9.17) is 9.47 Å². The van der Waals surface area contributed by atoms with E-state index in [9.17, 15) is 18.0 Å². The number of hydrogen-bond donors (Lipinski definition) is 1. The van der Waals surface area contributed by atoms with E-state index in [0.717, 1.165) is 17.0 Å². The Hall–Kier alpha value is -2.55. The summed E-state index contributed by atoms with van der Waals surface area (Å²) in [5.74, 6) is -0.430. The van der Waals surface area contributed by atoms with E-state index in [2.05, 4.69) is 10.3 Å². The minimum absolute atomic E-state index is 0.0564. The lowest BCUT2D eigenvalue weighted by molar-refractivity contribution is -0.137. The van der Waals surface area contributed by atoms with Crippen LogP contribution in [0.25, 0.3) is 0 Å². The molecule has 1 aromatic heterocycles. The molecular weight excluding hydrogens is 357 g/mol. The highest BCUT2D eigenvalue weighted by atomic mass is 32.1. The van der Waals surface area contributed by atoms with Gasteiger partial charge in [0.05, 0.1) is 5.56 Å². The number of halogens is 3. The van der Waals surface area contributed by atoms with Crippen molar-refractivity contribution in [1.29, 1.82) is 0 Å². The number of carbonyl (C=O) groups excluding carboxylic acids is 1. The molecule has 3 rings (SSSR count). The Morgan fingerprint density at radius 3 is 2.88 bits per heavy atom. The quantitative estimate of drug-likeness (QED) is 0.894. The highest BCUT2D eigenvalue weighted by Crippen LogP contribution is 2.30. The summed E-state index contributed by atoms with van der Waals surface area (Å²) < 4.78 is 48.4. The molecule has 1 amide bonds. The molecule has 1 aliphatic heterocycles. The number of nitrogens with zero attached hydrogens (tertiary/aromatic N) is 1. The average molecular weight is 370 g/mol. The van der Waals surface area contributed by atoms with Crippen LogP contribution < -0.4 is 5.32 Å². The first-order valence-electron chi connectivity index (χ1n) is 7.28. The Labute approximate surface area is 145 Å². The molecule has 0 unspecified atom stereocenters. The lowest BCUT2D eigenvalue weighted by Gasteiger charge is -2.14. The van der Waals surface area contributed by atoms with Crippen molar-refractivity contribution in [2.45, 2.75) is 12.6 Å². The third kappa shape index (κ3) is 4.50. The lowest BCUT2D eigenvalue weighted by Crippen LogP contribution is -2.20. The van der Waals surface area contributed by atoms with E-state index < -0.39 is 17.6 Å². The van der Waals surface area contributed by atoms with Crippen molar-refractivity contribution < 1.29 is 27.4 Å². The van der Waals surface area contributed by atoms with Crippen LogP contribution in [0.1, 0.15) is 16.0 Å². The number of ether oxygens (including phenoxy) is 2. The number of alkyl halides is 3. The molecule has 0 atom stereocenters. The highest BCUT2D eigenvalue weighted by molar-refractivity contribution is 7.15. The molecule has 2 heterocycles. The molecule has 1 aliphatic rings. The van der Waals surface area contributed by atoms with Gasteiger partial charge in [-0.1, -0.05) is 18.2 Å². The van der Waals surface area contributed by atoms with Gasteiger partial charge in [0.2, 0.25) is 5.76 Å². The highest BCUT2D eigenvalue weighted by Gasteiger charge is 2.30. The number of nitrogens with one attached hydrogen (secondary N) is 1. The fraction of sp³-hybridized carbons (Fsp3) is 0.250. The minimum atomic E-state index is -4.38. The Bertz CT molecular complexity index is 802. The molecule has 0 saturated heterocycles. The SMILES string of the molecule is O=C(Nc1ncc(Cc2cccc(C(F)(F)F)c2)s1)C1=COCCO1. The summed E-state index contributed by atoms with van der Waals surface area (Å²) in [6.45, 7) is 0.674. The van der Waals surface area contributed by atoms with Crippen LogP contribution in [0.2, 0.25) is 0 Å². The van der Waals surface area contributed by atoms with E-state index in [-0.39, 0.29) is 12.4 Å². The van der Waals surface area contributed by atoms with Crippen LogP contribution in [0.4, 0.5) is 18.3 Å². The van der Waals surface area contributed by atoms with Gasteiger partial charge in [-0.2, -0.15) is 13.2 Å². The van der Waals surface area contributed by atoms with Crippen molar-refractivity contribution >= 4 is 22.4 Å². The van der Waals surface area contributed by atoms with Gasteiger partial charge in [-0.15, -0.1) is 11.3 Å². The summed E-state index contributed by atoms with van der Waals surface area (Å²) in [6, 6.07) is 5.12. The van der Waals surface area contributed by atoms with Crippen molar-refractivity contribution in [3.8, 4) is 0 Å². The summed E-state index contributed by atoms with van der Waals surface area (Å²) in [6.07, 6.45) is -1.33. The van der Waals surface area contributed by atoms with Gasteiger partial charge in [0.25, 0.3) is 5.91 Å². The van der Waals surface area contributed by atoms with Crippen LogP contribution in [0, 0.1) is 0 Å². The second kappa shape index (κ2) is 7.14. The Morgan fingerprint density at radius 2 is 2.16 bits per heavy atom. The van der Waals surface area contributed by atoms with Gasteiger partial charge < -0.3 is 9.47 Å². The first kappa shape index (κ1) is 17.3. The van der Waals surface area contributed by atoms with Crippen molar-refractivity contribution in [1.82, 2.24) is 4.98 Å². The summed E-state index contributed by atoms with van der Waals surface area (Å²) in [7, 11) is 0. The maximum atomic E-state index is 12.7. The van der Waals surface area contributed by atoms with Crippen molar-refractivity contribution in [3.05, 3.63) is 58.5 Å². The normalized spacial score (nSPS) is 14.3. The van der Waals surface area contributed by atoms with E-state index in [0.29, 0.717) is 23.7 Å². The topological polar surface area (TPSA) is 60.5 Å². The monoisotopic (exact) mass is 370 g/mol. The van der Waals surface area contributed by atoms with Gasteiger partial charge in [-0.25, -0.2) is 4.98 Å². The molecule has 1 N–H and O–H groups in total. The predicted molar refractivity (Wildman–Crippen MR) is 85.0 cm³/mol. The molecule has 0 aliphatic carbocycles. The van der Waals surface area contributed by atoms with Gasteiger partial charge in [0, 0.05) is 17.5 Å². The van der Waals surface area contributed by atoms with Crippen LogP contribution in [0.5, 0.6) is 0 Å². The van der Waals surface area contributed by atoms with Crippen LogP contribution in [0.15, 0.2) is 42.5 Å². The Kier molecular flexibility index (Phi) is 4.93. The van der Waals surface area contributed by atoms with Gasteiger partial charge in [-0.05, 0) is 11.6 Å². The molecule has 0 saturated carbocycles. The Balaban J connectivity index is 1.66. The maximum absolute atomic E-state index is 12.7. The van der Waals surface area contributed by atoms with Crippen LogP contribution >= 0.6 is 11.3 Å². The number of thiazole rings is 1. The van der Waals surface area contributed by atoms with Crippen LogP contribution in [-0.2, 0) is 26.9 Å². The maximum Gasteiger partial charge on any atom is 0.416 e. The van der Waals surface area contributed by atoms with Crippen molar-refractivity contribution in [2.24, 2.45) is 0 Å². The van der Waals surface area contributed by atoms with Gasteiger partial charge >= 0.3 is 6.18 Å². The number of benzene rings is 1. The largest absolute Gasteiger partial charge is 0.494 e. The van der Waals surface area contributed by atoms with Crippen molar-refractivity contribution in [3.63, 3.8) is 0 Å². The van der Waals surface area contributed by atoms with Gasteiger partial charge in [-0.3, -0.25) is 10.1 Å². The van der Waals surface area contributed by atoms with E-state index in [1.54, 1.807) is 6.07 Å². The average Bonchev–Trinajstić information content (AvgIpc) is 3.02. The van der Waals surface area contributed by atoms with E-state index >= 15 is 0 Å². The second-order valence-corrected chi connectivity index (χ2v) is 6.28. The molecule has 0 spiro atoms. The number of rotatable bonds is 4. The van der Waals surface area contributed by atoms with E-state index in [1.807, 2.05) is 0 Å². The first-order chi connectivity index (χ1) is 11.9. The fourth-order valence-electron chi connectivity index (χ4n) is 2.15. The minimum Gasteiger partial charge on any atom is -0.494 e. The zero-order chi connectivity index (χ0) is 17.9. The molecule has 0 bridgehead atoms. The third-order valence-corrected chi connectivity index (χ3v) is 4.19. The Morgan fingerprint density at radius 1 is 1.32 bits per heavy atom. The molecule has 9 heteroatoms. The van der Waals surface area contributed by atoms with Crippen LogP contribution in [0.3, 0.4) is 0 Å². The summed E-state index contributed by atoms with van der Waals surface area (Å²) in [5.41, 5.74) is -0.174. The number of aromatic nitrogens is 1. The number of hydrogen-bond acceptors (Lipinski definition) is 5. The number of anilines is 1. The number of carbonyl (C=O) groups is 1. The van der Waals surface area contributed by atoms with Crippen LogP contribution in [-0.4, -0.2) is 24.1 Å². The summed E-state index contributed by atoms with van der Waals surface area (Å²) >= 11 is 1.19. The lowest BCUT2D eigenvalue weighted by atomic mass is 10.1. The molecular formula is C16H13F3N2O3S. The molecule has 5 nitrogen and oxygen atoms in total. The zero-order valence-corrected chi connectivity index (χ0v) is 13.6. The smallest absolute Gasteiger partial charge is 0.416 e. The van der Waals surface area contributed by atoms with Gasteiger partial charge in [0.15, 0.2) is 5.13 Å². The summed E-state index contributed by atoms with van der Waals surface area (Å²) in [5, 5.41) is 2.90. The first-order valence-corrected chi connectivity index (χ1v) is 8.10. The van der Waals surface area contributed by atoms with Crippen molar-refractivity contribution in [2.75, 3.05) is 18.5 Å². The molecule has 132 valence electrons. The predicted octanol–water partition coefficient (Wildman–Crippen LogP) is 3.58. The zero-order valence-electron chi connectivity index (χ0n) is 12.8. The molecule has 0 radical (unpaired) electrons. The molecule has 0 fully saturated rings.